The molecule has 1 aromatic rings. The van der Waals surface area contributed by atoms with Crippen LogP contribution in [0.15, 0.2) is 30.3 Å². The number of carbonyl (C=O) groups is 6. The highest BCUT2D eigenvalue weighted by atomic mass is 16.6. The minimum atomic E-state index is -0.670. The van der Waals surface area contributed by atoms with Gasteiger partial charge in [-0.25, -0.2) is 0 Å². The van der Waals surface area contributed by atoms with E-state index in [9.17, 15) is 28.8 Å². The molecule has 3 saturated carbocycles. The molecule has 0 spiro atoms. The Hall–Kier alpha value is -3.56. The van der Waals surface area contributed by atoms with E-state index in [1.54, 1.807) is 6.92 Å². The molecule has 1 unspecified atom stereocenters. The van der Waals surface area contributed by atoms with Gasteiger partial charge in [-0.2, -0.15) is 0 Å². The molecule has 0 radical (unpaired) electrons. The van der Waals surface area contributed by atoms with E-state index in [0.29, 0.717) is 32.1 Å². The predicted molar refractivity (Wildman–Crippen MR) is 239 cm³/mol. The number of benzene rings is 1. The summed E-state index contributed by atoms with van der Waals surface area (Å²) in [4.78, 5) is 81.6. The van der Waals surface area contributed by atoms with E-state index in [-0.39, 0.29) is 102 Å². The molecule has 10 nitrogen and oxygen atoms in total. The fourth-order valence-corrected chi connectivity index (χ4v) is 11.1. The summed E-state index contributed by atoms with van der Waals surface area (Å²) in [6.07, 6.45) is 13.8. The molecule has 11 atom stereocenters. The molecule has 0 aromatic heterocycles. The molecule has 61 heavy (non-hydrogen) atoms. The minimum absolute atomic E-state index is 0.0191. The van der Waals surface area contributed by atoms with Crippen molar-refractivity contribution in [2.45, 2.75) is 195 Å². The Morgan fingerprint density at radius 3 is 1.79 bits per heavy atom. The number of nitrogens with one attached hydrogen (secondary N) is 2. The largest absolute Gasteiger partial charge is 0.461 e. The second-order valence-corrected chi connectivity index (χ2v) is 19.9. The van der Waals surface area contributed by atoms with Crippen LogP contribution < -0.4 is 10.6 Å². The van der Waals surface area contributed by atoms with Crippen LogP contribution in [0.5, 0.6) is 0 Å². The molecule has 10 heteroatoms. The summed E-state index contributed by atoms with van der Waals surface area (Å²) in [6.45, 7) is 15.5. The molecule has 0 bridgehead atoms. The second-order valence-electron chi connectivity index (χ2n) is 19.9. The maximum absolute atomic E-state index is 14.0. The first-order valence-electron chi connectivity index (χ1n) is 24.1. The fraction of sp³-hybridized carbons (Fsp3) is 0.765. The number of amides is 2. The second kappa shape index (κ2) is 24.3. The zero-order chi connectivity index (χ0) is 44.7. The molecule has 3 fully saturated rings. The topological polar surface area (TPSA) is 145 Å². The van der Waals surface area contributed by atoms with Gasteiger partial charge >= 0.3 is 11.9 Å². The zero-order valence-electron chi connectivity index (χ0n) is 38.9. The van der Waals surface area contributed by atoms with Crippen molar-refractivity contribution < 1.29 is 38.2 Å². The van der Waals surface area contributed by atoms with Crippen molar-refractivity contribution in [2.24, 2.45) is 53.3 Å². The molecule has 2 amide bonds. The Morgan fingerprint density at radius 1 is 0.656 bits per heavy atom. The molecule has 2 N–H and O–H groups in total. The molecule has 3 aliphatic rings. The van der Waals surface area contributed by atoms with Crippen LogP contribution in [0.2, 0.25) is 0 Å². The van der Waals surface area contributed by atoms with Gasteiger partial charge in [0.1, 0.15) is 18.0 Å². The van der Waals surface area contributed by atoms with Crippen molar-refractivity contribution >= 4 is 35.3 Å². The van der Waals surface area contributed by atoms with Gasteiger partial charge in [0.25, 0.3) is 0 Å². The molecule has 4 rings (SSSR count). The van der Waals surface area contributed by atoms with Crippen LogP contribution in [0.1, 0.15) is 177 Å². The maximum atomic E-state index is 14.0. The average molecular weight is 849 g/mol. The average Bonchev–Trinajstić information content (AvgIpc) is 3.22. The number of hydrogen-bond donors (Lipinski definition) is 2. The fourth-order valence-electron chi connectivity index (χ4n) is 11.1. The highest BCUT2D eigenvalue weighted by Crippen LogP contribution is 2.42. The van der Waals surface area contributed by atoms with Crippen LogP contribution in [0.25, 0.3) is 0 Å². The van der Waals surface area contributed by atoms with Crippen LogP contribution in [0.3, 0.4) is 0 Å². The molecule has 1 aromatic carbocycles. The zero-order valence-corrected chi connectivity index (χ0v) is 38.9. The van der Waals surface area contributed by atoms with Crippen molar-refractivity contribution in [1.82, 2.24) is 10.6 Å². The van der Waals surface area contributed by atoms with E-state index in [1.165, 1.54) is 0 Å². The van der Waals surface area contributed by atoms with E-state index in [0.717, 1.165) is 82.6 Å². The van der Waals surface area contributed by atoms with E-state index in [2.05, 4.69) is 10.6 Å². The highest BCUT2D eigenvalue weighted by Gasteiger charge is 2.41. The van der Waals surface area contributed by atoms with E-state index in [4.69, 9.17) is 9.47 Å². The van der Waals surface area contributed by atoms with Gasteiger partial charge in [-0.15, -0.1) is 0 Å². The molecular weight excluding hydrogens is 769 g/mol. The predicted octanol–water partition coefficient (Wildman–Crippen LogP) is 9.89. The molecule has 0 saturated heterocycles. The van der Waals surface area contributed by atoms with Gasteiger partial charge in [-0.3, -0.25) is 28.8 Å². The third-order valence-corrected chi connectivity index (χ3v) is 14.3. The summed E-state index contributed by atoms with van der Waals surface area (Å²) >= 11 is 0. The monoisotopic (exact) mass is 849 g/mol. The minimum Gasteiger partial charge on any atom is -0.461 e. The van der Waals surface area contributed by atoms with E-state index in [1.807, 2.05) is 78.8 Å². The van der Waals surface area contributed by atoms with Crippen LogP contribution in [-0.4, -0.2) is 53.0 Å². The van der Waals surface area contributed by atoms with E-state index >= 15 is 0 Å². The van der Waals surface area contributed by atoms with Crippen LogP contribution in [0, 0.1) is 53.3 Å². The number of esters is 2. The lowest BCUT2D eigenvalue weighted by molar-refractivity contribution is -0.157. The lowest BCUT2D eigenvalue weighted by Crippen LogP contribution is -2.51. The first kappa shape index (κ1) is 50.1. The standard InChI is InChI=1S/C51H80N2O8/c1-9-38(41-25-17-16-24-37(41)31-47(56)61-51(6,7)8)46(55)29-33(4)48(57)53-44-28-20-19-27-43(44)39(10-2)49(58)52-34(5)45(54)30-36-23-15-18-26-42(36)40(11-3)50(59)60-32-35-21-13-12-14-22-35/h12-14,21-22,33-34,36-44H,9-11,15-20,23-32H2,1-8H3,(H,52,58)(H,53,57)/t33-,34+,36-,37?,38+,39+,40+,41-,42-,43+,44-/m0/s1. The Bertz CT molecular complexity index is 1590. The smallest absolute Gasteiger partial charge is 0.309 e. The Balaban J connectivity index is 1.32. The number of Topliss-reactive ketones (excluding diaryl/α,β-unsaturated/α-hetero) is 2. The SMILES string of the molecule is CC[C@@H](C(=O)OCc1ccccc1)[C@H]1CCCC[C@H]1CC(=O)[C@@H](C)NC(=O)[C@H](CC)[C@H]1CCCC[C@@H]1NC(=O)[C@@H](C)CC(=O)[C@H](CC)[C@H]1CCCCC1CC(=O)OC(C)(C)C. The Morgan fingerprint density at radius 2 is 1.20 bits per heavy atom. The summed E-state index contributed by atoms with van der Waals surface area (Å²) < 4.78 is 11.4. The summed E-state index contributed by atoms with van der Waals surface area (Å²) in [5.41, 5.74) is 0.393. The van der Waals surface area contributed by atoms with Crippen LogP contribution >= 0.6 is 0 Å². The van der Waals surface area contributed by atoms with Crippen LogP contribution in [0.4, 0.5) is 0 Å². The van der Waals surface area contributed by atoms with Gasteiger partial charge in [0.05, 0.1) is 12.0 Å². The normalized spacial score (nSPS) is 25.8. The van der Waals surface area contributed by atoms with Gasteiger partial charge in [0, 0.05) is 43.1 Å². The summed E-state index contributed by atoms with van der Waals surface area (Å²) in [6, 6.07) is 8.81. The van der Waals surface area contributed by atoms with Crippen molar-refractivity contribution in [3.05, 3.63) is 35.9 Å². The van der Waals surface area contributed by atoms with Crippen molar-refractivity contribution in [3.8, 4) is 0 Å². The number of hydrogen-bond acceptors (Lipinski definition) is 8. The first-order chi connectivity index (χ1) is 29.1. The van der Waals surface area contributed by atoms with Crippen molar-refractivity contribution in [2.75, 3.05) is 0 Å². The molecule has 342 valence electrons. The molecular formula is C51H80N2O8. The molecule has 3 aliphatic carbocycles. The molecule has 0 heterocycles. The van der Waals surface area contributed by atoms with Gasteiger partial charge in [-0.1, -0.05) is 96.6 Å². The van der Waals surface area contributed by atoms with Crippen molar-refractivity contribution in [3.63, 3.8) is 0 Å². The van der Waals surface area contributed by atoms with E-state index < -0.39 is 17.6 Å². The lowest BCUT2D eigenvalue weighted by atomic mass is 9.68. The van der Waals surface area contributed by atoms with Crippen LogP contribution in [-0.2, 0) is 44.8 Å². The third kappa shape index (κ3) is 15.0. The van der Waals surface area contributed by atoms with Crippen molar-refractivity contribution in [1.29, 1.82) is 0 Å². The number of ether oxygens (including phenoxy) is 2. The lowest BCUT2D eigenvalue weighted by Gasteiger charge is -2.38. The summed E-state index contributed by atoms with van der Waals surface area (Å²) in [7, 11) is 0. The Kier molecular flexibility index (Phi) is 20.0. The molecule has 0 aliphatic heterocycles. The van der Waals surface area contributed by atoms with Gasteiger partial charge in [-0.05, 0) is 121 Å². The van der Waals surface area contributed by atoms with Gasteiger partial charge in [0.15, 0.2) is 5.78 Å². The number of ketones is 2. The quantitative estimate of drug-likeness (QED) is 0.116. The Labute approximate surface area is 367 Å². The highest BCUT2D eigenvalue weighted by molar-refractivity contribution is 5.90. The summed E-state index contributed by atoms with van der Waals surface area (Å²) in [5, 5.41) is 6.35. The summed E-state index contributed by atoms with van der Waals surface area (Å²) in [5.74, 6) is -1.82. The first-order valence-corrected chi connectivity index (χ1v) is 24.1. The maximum Gasteiger partial charge on any atom is 0.309 e. The third-order valence-electron chi connectivity index (χ3n) is 14.3. The number of rotatable bonds is 21. The van der Waals surface area contributed by atoms with Gasteiger partial charge in [0.2, 0.25) is 11.8 Å². The van der Waals surface area contributed by atoms with Gasteiger partial charge < -0.3 is 20.1 Å². The number of carbonyl (C=O) groups excluding carboxylic acids is 6.